The first-order valence-corrected chi connectivity index (χ1v) is 23.9. The van der Waals surface area contributed by atoms with E-state index in [9.17, 15) is 19.2 Å². The Balaban J connectivity index is 0.633. The van der Waals surface area contributed by atoms with Crippen LogP contribution in [0.3, 0.4) is 0 Å². The Bertz CT molecular complexity index is 2390. The molecule has 0 spiro atoms. The highest BCUT2D eigenvalue weighted by atomic mass is 16.2. The van der Waals surface area contributed by atoms with Crippen LogP contribution in [0.25, 0.3) is 11.0 Å². The summed E-state index contributed by atoms with van der Waals surface area (Å²) >= 11 is 0. The van der Waals surface area contributed by atoms with Crippen LogP contribution in [0.15, 0.2) is 48.8 Å². The molecule has 3 aromatic heterocycles. The summed E-state index contributed by atoms with van der Waals surface area (Å²) in [4.78, 5) is 80.6. The van der Waals surface area contributed by atoms with Gasteiger partial charge in [0.1, 0.15) is 23.2 Å². The molecule has 8 heterocycles. The highest BCUT2D eigenvalue weighted by molar-refractivity contribution is 6.05. The molecule has 0 bridgehead atoms. The number of hydrogen-bond acceptors (Lipinski definition) is 13. The summed E-state index contributed by atoms with van der Waals surface area (Å²) < 4.78 is 2.13. The average Bonchev–Trinajstić information content (AvgIpc) is 4.07. The summed E-state index contributed by atoms with van der Waals surface area (Å²) in [7, 11) is 3.58. The van der Waals surface area contributed by atoms with Gasteiger partial charge in [-0.3, -0.25) is 34.3 Å². The van der Waals surface area contributed by atoms with Crippen LogP contribution >= 0.6 is 0 Å². The van der Waals surface area contributed by atoms with E-state index in [1.807, 2.05) is 30.5 Å². The van der Waals surface area contributed by atoms with Gasteiger partial charge in [0.05, 0.1) is 11.9 Å². The van der Waals surface area contributed by atoms with Gasteiger partial charge in [0.2, 0.25) is 17.8 Å². The second kappa shape index (κ2) is 18.7. The maximum Gasteiger partial charge on any atom is 0.270 e. The van der Waals surface area contributed by atoms with Gasteiger partial charge in [-0.05, 0) is 93.1 Å². The molecule has 6 aliphatic rings. The van der Waals surface area contributed by atoms with Gasteiger partial charge in [0.25, 0.3) is 11.8 Å². The van der Waals surface area contributed by atoms with Crippen molar-refractivity contribution >= 4 is 57.8 Å². The molecule has 4 aromatic rings. The highest BCUT2D eigenvalue weighted by Crippen LogP contribution is 2.35. The first-order valence-electron chi connectivity index (χ1n) is 23.9. The van der Waals surface area contributed by atoms with Crippen LogP contribution in [0.2, 0.25) is 0 Å². The summed E-state index contributed by atoms with van der Waals surface area (Å²) in [5.74, 6) is 1.13. The molecule has 4 amide bonds. The Labute approximate surface area is 381 Å². The van der Waals surface area contributed by atoms with E-state index in [-0.39, 0.29) is 36.1 Å². The van der Waals surface area contributed by atoms with E-state index in [1.165, 1.54) is 25.9 Å². The molecule has 17 heteroatoms. The van der Waals surface area contributed by atoms with Gasteiger partial charge in [-0.2, -0.15) is 4.98 Å². The smallest absolute Gasteiger partial charge is 0.270 e. The van der Waals surface area contributed by atoms with Crippen LogP contribution in [0, 0.1) is 5.92 Å². The van der Waals surface area contributed by atoms with Gasteiger partial charge in [-0.15, -0.1) is 0 Å². The Hall–Kier alpha value is -5.65. The number of fused-ring (bicyclic) bond motifs is 2. The minimum absolute atomic E-state index is 0.0152. The fourth-order valence-electron chi connectivity index (χ4n) is 11.0. The van der Waals surface area contributed by atoms with E-state index in [2.05, 4.69) is 56.8 Å². The maximum atomic E-state index is 13.2. The molecule has 5 aliphatic heterocycles. The molecule has 1 saturated carbocycles. The van der Waals surface area contributed by atoms with Crippen LogP contribution in [-0.2, 0) is 16.1 Å². The lowest BCUT2D eigenvalue weighted by Gasteiger charge is -2.40. The lowest BCUT2D eigenvalue weighted by atomic mass is 9.96. The van der Waals surface area contributed by atoms with Crippen LogP contribution in [-0.4, -0.2) is 173 Å². The maximum absolute atomic E-state index is 13.2. The molecule has 5 fully saturated rings. The normalized spacial score (nSPS) is 22.0. The van der Waals surface area contributed by atoms with Crippen molar-refractivity contribution in [3.63, 3.8) is 0 Å². The number of benzene rings is 1. The fraction of sp³-hybridized carbons (Fsp3) is 0.562. The Kier molecular flexibility index (Phi) is 12.4. The van der Waals surface area contributed by atoms with Crippen molar-refractivity contribution in [3.8, 4) is 0 Å². The molecular weight excluding hydrogens is 823 g/mol. The molecule has 0 radical (unpaired) electrons. The third-order valence-electron chi connectivity index (χ3n) is 14.8. The lowest BCUT2D eigenvalue weighted by molar-refractivity contribution is -0.136. The van der Waals surface area contributed by atoms with E-state index in [0.29, 0.717) is 36.0 Å². The number of piperazine rings is 2. The summed E-state index contributed by atoms with van der Waals surface area (Å²) in [5, 5.41) is 6.57. The zero-order valence-corrected chi connectivity index (χ0v) is 38.0. The molecule has 1 aliphatic carbocycles. The fourth-order valence-corrected chi connectivity index (χ4v) is 11.0. The molecule has 1 atom stereocenters. The quantitative estimate of drug-likeness (QED) is 0.198. The number of aromatic nitrogens is 4. The number of piperidine rings is 2. The minimum Gasteiger partial charge on any atom is -0.369 e. The molecule has 2 N–H and O–H groups in total. The SMILES string of the molecule is CN(C)C(=O)c1cc2cnc(Nc3ccc(N4CCN(CCN5CCC(CN6CCN(c7ccc8c(c7)CN([C@H]7CCC(=O)NC7=O)C8=O)CC6)CC5)CC4)cn3)nc2n1C1CCCC1. The summed E-state index contributed by atoms with van der Waals surface area (Å²) in [6.07, 6.45) is 11.3. The van der Waals surface area contributed by atoms with Gasteiger partial charge >= 0.3 is 0 Å². The summed E-state index contributed by atoms with van der Waals surface area (Å²) in [6.45, 7) is 14.2. The van der Waals surface area contributed by atoms with Crippen molar-refractivity contribution in [2.45, 2.75) is 70.0 Å². The first-order chi connectivity index (χ1) is 31.6. The standard InChI is InChI=1S/C48H63N13O4/c1-54(2)47(65)41-28-34-29-50-48(53-44(34)61(41)36-5-3-4-6-36)51-42-11-8-38(30-49-42)59-23-19-56(20-24-59)18-17-55-15-13-33(14-16-55)31-57-21-25-58(26-22-57)37-7-9-39-35(27-37)32-60(46(39)64)40-10-12-43(62)52-45(40)63/h7-9,11,27-30,33,36,40H,3-6,10,12-26,31-32H2,1-2H3,(H,52,62,63)(H,49,50,51,53)/t40-/m0/s1. The number of rotatable bonds is 12. The van der Waals surface area contributed by atoms with Crippen molar-refractivity contribution in [1.29, 1.82) is 0 Å². The number of pyridine rings is 1. The highest BCUT2D eigenvalue weighted by Gasteiger charge is 2.39. The van der Waals surface area contributed by atoms with Crippen LogP contribution < -0.4 is 20.4 Å². The first kappa shape index (κ1) is 43.3. The molecule has 0 unspecified atom stereocenters. The molecular formula is C48H63N13O4. The van der Waals surface area contributed by atoms with Crippen molar-refractivity contribution < 1.29 is 19.2 Å². The number of imide groups is 1. The molecule has 1 aromatic carbocycles. The predicted octanol–water partition coefficient (Wildman–Crippen LogP) is 3.80. The van der Waals surface area contributed by atoms with Crippen molar-refractivity contribution in [2.75, 3.05) is 114 Å². The minimum atomic E-state index is -0.586. The van der Waals surface area contributed by atoms with Gasteiger partial charge < -0.3 is 34.4 Å². The van der Waals surface area contributed by atoms with Crippen LogP contribution in [0.1, 0.15) is 83.8 Å². The second-order valence-corrected chi connectivity index (χ2v) is 19.2. The molecule has 344 valence electrons. The van der Waals surface area contributed by atoms with Gasteiger partial charge in [-0.25, -0.2) is 9.97 Å². The van der Waals surface area contributed by atoms with E-state index in [0.717, 1.165) is 132 Å². The summed E-state index contributed by atoms with van der Waals surface area (Å²) in [6, 6.07) is 11.8. The van der Waals surface area contributed by atoms with Crippen LogP contribution in [0.5, 0.6) is 0 Å². The number of carbonyl (C=O) groups excluding carboxylic acids is 4. The van der Waals surface area contributed by atoms with Gasteiger partial charge in [-0.1, -0.05) is 12.8 Å². The number of nitrogens with one attached hydrogen (secondary N) is 2. The van der Waals surface area contributed by atoms with E-state index < -0.39 is 6.04 Å². The zero-order valence-electron chi connectivity index (χ0n) is 38.0. The van der Waals surface area contributed by atoms with E-state index in [4.69, 9.17) is 9.97 Å². The van der Waals surface area contributed by atoms with Crippen LogP contribution in [0.4, 0.5) is 23.1 Å². The number of carbonyl (C=O) groups is 4. The van der Waals surface area contributed by atoms with Gasteiger partial charge in [0, 0.05) is 128 Å². The number of nitrogens with zero attached hydrogens (tertiary/aromatic N) is 11. The third-order valence-corrected chi connectivity index (χ3v) is 14.8. The lowest BCUT2D eigenvalue weighted by Crippen LogP contribution is -2.52. The third kappa shape index (κ3) is 9.27. The topological polar surface area (TPSA) is 159 Å². The Morgan fingerprint density at radius 2 is 1.46 bits per heavy atom. The Morgan fingerprint density at radius 1 is 0.769 bits per heavy atom. The average molecular weight is 886 g/mol. The number of hydrogen-bond donors (Lipinski definition) is 2. The summed E-state index contributed by atoms with van der Waals surface area (Å²) in [5.41, 5.74) is 5.35. The molecule has 65 heavy (non-hydrogen) atoms. The molecule has 17 nitrogen and oxygen atoms in total. The number of amides is 4. The van der Waals surface area contributed by atoms with Crippen molar-refractivity contribution in [2.24, 2.45) is 5.92 Å². The van der Waals surface area contributed by atoms with Crippen molar-refractivity contribution in [1.82, 2.24) is 49.3 Å². The molecule has 4 saturated heterocycles. The molecule has 10 rings (SSSR count). The number of likely N-dealkylation sites (tertiary alicyclic amines) is 1. The predicted molar refractivity (Wildman–Crippen MR) is 250 cm³/mol. The van der Waals surface area contributed by atoms with E-state index >= 15 is 0 Å². The zero-order chi connectivity index (χ0) is 44.6. The van der Waals surface area contributed by atoms with Gasteiger partial charge in [0.15, 0.2) is 0 Å². The monoisotopic (exact) mass is 886 g/mol. The van der Waals surface area contributed by atoms with E-state index in [1.54, 1.807) is 30.1 Å². The van der Waals surface area contributed by atoms with Crippen molar-refractivity contribution in [3.05, 3.63) is 65.6 Å². The second-order valence-electron chi connectivity index (χ2n) is 19.2. The largest absolute Gasteiger partial charge is 0.369 e. The number of anilines is 4. The Morgan fingerprint density at radius 3 is 2.15 bits per heavy atom.